The maximum atomic E-state index is 12.6. The zero-order valence-corrected chi connectivity index (χ0v) is 15.1. The number of halogens is 1. The maximum Gasteiger partial charge on any atom is 0.323 e. The van der Waals surface area contributed by atoms with E-state index in [2.05, 4.69) is 10.6 Å². The minimum Gasteiger partial charge on any atom is -0.375 e. The highest BCUT2D eigenvalue weighted by atomic mass is 35.5. The first-order chi connectivity index (χ1) is 12.5. The van der Waals surface area contributed by atoms with Crippen LogP contribution in [0.1, 0.15) is 17.3 Å². The molecule has 1 fully saturated rings. The molecule has 2 aromatic rings. The van der Waals surface area contributed by atoms with Gasteiger partial charge in [0.25, 0.3) is 5.91 Å². The summed E-state index contributed by atoms with van der Waals surface area (Å²) in [5.74, 6) is -0.0703. The van der Waals surface area contributed by atoms with Crippen molar-refractivity contribution in [3.05, 3.63) is 59.1 Å². The van der Waals surface area contributed by atoms with Crippen molar-refractivity contribution in [2.45, 2.75) is 13.0 Å². The van der Waals surface area contributed by atoms with Gasteiger partial charge in [0.15, 0.2) is 0 Å². The van der Waals surface area contributed by atoms with Gasteiger partial charge in [0.05, 0.1) is 12.7 Å². The number of hydrogen-bond acceptors (Lipinski definition) is 3. The molecule has 1 atom stereocenters. The number of hydrogen-bond donors (Lipinski definition) is 2. The molecule has 136 valence electrons. The van der Waals surface area contributed by atoms with Crippen LogP contribution in [-0.2, 0) is 4.74 Å². The Morgan fingerprint density at radius 2 is 1.81 bits per heavy atom. The number of nitrogens with zero attached hydrogens (tertiary/aromatic N) is 1. The Bertz CT molecular complexity index is 812. The zero-order valence-electron chi connectivity index (χ0n) is 14.4. The summed E-state index contributed by atoms with van der Waals surface area (Å²) in [6.45, 7) is 3.60. The van der Waals surface area contributed by atoms with Crippen LogP contribution in [0.15, 0.2) is 48.5 Å². The Hall–Kier alpha value is -2.57. The lowest BCUT2D eigenvalue weighted by atomic mass is 10.1. The number of carbonyl (C=O) groups excluding carboxylic acids is 2. The van der Waals surface area contributed by atoms with Crippen LogP contribution in [-0.4, -0.2) is 42.6 Å². The van der Waals surface area contributed by atoms with Crippen molar-refractivity contribution >= 4 is 34.9 Å². The molecule has 3 rings (SSSR count). The molecule has 1 saturated heterocycles. The molecule has 2 N–H and O–H groups in total. The van der Waals surface area contributed by atoms with E-state index in [0.29, 0.717) is 41.7 Å². The largest absolute Gasteiger partial charge is 0.375 e. The maximum absolute atomic E-state index is 12.6. The van der Waals surface area contributed by atoms with Crippen LogP contribution in [0.4, 0.5) is 16.2 Å². The Kier molecular flexibility index (Phi) is 5.75. The monoisotopic (exact) mass is 373 g/mol. The van der Waals surface area contributed by atoms with Crippen molar-refractivity contribution in [3.63, 3.8) is 0 Å². The first kappa shape index (κ1) is 18.2. The van der Waals surface area contributed by atoms with E-state index < -0.39 is 6.03 Å². The van der Waals surface area contributed by atoms with Gasteiger partial charge in [-0.1, -0.05) is 23.7 Å². The van der Waals surface area contributed by atoms with Gasteiger partial charge in [-0.25, -0.2) is 4.79 Å². The summed E-state index contributed by atoms with van der Waals surface area (Å²) in [5, 5.41) is 5.97. The normalized spacial score (nSPS) is 16.8. The molecule has 2 aromatic carbocycles. The predicted molar refractivity (Wildman–Crippen MR) is 102 cm³/mol. The van der Waals surface area contributed by atoms with Crippen LogP contribution >= 0.6 is 11.6 Å². The lowest BCUT2D eigenvalue weighted by Crippen LogP contribution is -2.44. The molecule has 0 bridgehead atoms. The summed E-state index contributed by atoms with van der Waals surface area (Å²) < 4.78 is 5.47. The smallest absolute Gasteiger partial charge is 0.323 e. The number of carbonyl (C=O) groups is 2. The highest BCUT2D eigenvalue weighted by Crippen LogP contribution is 2.17. The Morgan fingerprint density at radius 1 is 1.12 bits per heavy atom. The first-order valence-corrected chi connectivity index (χ1v) is 8.73. The van der Waals surface area contributed by atoms with E-state index in [4.69, 9.17) is 16.3 Å². The van der Waals surface area contributed by atoms with Gasteiger partial charge in [0, 0.05) is 35.1 Å². The van der Waals surface area contributed by atoms with E-state index in [-0.39, 0.29) is 12.0 Å². The van der Waals surface area contributed by atoms with E-state index in [0.717, 1.165) is 0 Å². The lowest BCUT2D eigenvalue weighted by Gasteiger charge is -2.31. The standard InChI is InChI=1S/C19H20ClN3O3/c1-13-12-23(8-9-26-13)18(24)14-4-2-6-16(10-14)21-19(25)22-17-7-3-5-15(20)11-17/h2-7,10-11,13H,8-9,12H2,1H3,(H2,21,22,25). The van der Waals surface area contributed by atoms with Crippen LogP contribution < -0.4 is 10.6 Å². The van der Waals surface area contributed by atoms with E-state index in [1.54, 1.807) is 53.4 Å². The number of nitrogens with one attached hydrogen (secondary N) is 2. The van der Waals surface area contributed by atoms with E-state index in [1.165, 1.54) is 0 Å². The third kappa shape index (κ3) is 4.74. The van der Waals surface area contributed by atoms with E-state index >= 15 is 0 Å². The number of morpholine rings is 1. The molecule has 1 aliphatic rings. The van der Waals surface area contributed by atoms with Gasteiger partial charge in [-0.3, -0.25) is 4.79 Å². The molecule has 7 heteroatoms. The molecule has 3 amide bonds. The van der Waals surface area contributed by atoms with Gasteiger partial charge >= 0.3 is 6.03 Å². The molecule has 0 aromatic heterocycles. The summed E-state index contributed by atoms with van der Waals surface area (Å²) >= 11 is 5.91. The average molecular weight is 374 g/mol. The molecule has 0 radical (unpaired) electrons. The Balaban J connectivity index is 1.65. The SMILES string of the molecule is CC1CN(C(=O)c2cccc(NC(=O)Nc3cccc(Cl)c3)c2)CCO1. The molecule has 0 aliphatic carbocycles. The van der Waals surface area contributed by atoms with Crippen molar-refractivity contribution in [2.75, 3.05) is 30.3 Å². The van der Waals surface area contributed by atoms with Crippen LogP contribution in [0.2, 0.25) is 5.02 Å². The second-order valence-corrected chi connectivity index (χ2v) is 6.54. The van der Waals surface area contributed by atoms with Gasteiger partial charge < -0.3 is 20.3 Å². The third-order valence-electron chi connectivity index (χ3n) is 3.98. The summed E-state index contributed by atoms with van der Waals surface area (Å²) in [6.07, 6.45) is 0.0254. The van der Waals surface area contributed by atoms with E-state index in [9.17, 15) is 9.59 Å². The fourth-order valence-corrected chi connectivity index (χ4v) is 2.97. The van der Waals surface area contributed by atoms with Gasteiger partial charge in [-0.05, 0) is 43.3 Å². The number of ether oxygens (including phenoxy) is 1. The van der Waals surface area contributed by atoms with E-state index in [1.807, 2.05) is 6.92 Å². The second kappa shape index (κ2) is 8.21. The summed E-state index contributed by atoms with van der Waals surface area (Å²) in [6, 6.07) is 13.3. The summed E-state index contributed by atoms with van der Waals surface area (Å²) in [4.78, 5) is 26.5. The number of rotatable bonds is 3. The van der Waals surface area contributed by atoms with Crippen LogP contribution in [0.5, 0.6) is 0 Å². The molecule has 0 spiro atoms. The molecule has 1 heterocycles. The molecular formula is C19H20ClN3O3. The minimum atomic E-state index is -0.406. The van der Waals surface area contributed by atoms with Crippen molar-refractivity contribution in [2.24, 2.45) is 0 Å². The third-order valence-corrected chi connectivity index (χ3v) is 4.21. The Morgan fingerprint density at radius 3 is 2.50 bits per heavy atom. The molecule has 1 unspecified atom stereocenters. The highest BCUT2D eigenvalue weighted by molar-refractivity contribution is 6.30. The van der Waals surface area contributed by atoms with Crippen molar-refractivity contribution < 1.29 is 14.3 Å². The fourth-order valence-electron chi connectivity index (χ4n) is 2.78. The van der Waals surface area contributed by atoms with Crippen LogP contribution in [0, 0.1) is 0 Å². The summed E-state index contributed by atoms with van der Waals surface area (Å²) in [5.41, 5.74) is 1.65. The number of urea groups is 1. The lowest BCUT2D eigenvalue weighted by molar-refractivity contribution is -0.0124. The van der Waals surface area contributed by atoms with Crippen LogP contribution in [0.25, 0.3) is 0 Å². The zero-order chi connectivity index (χ0) is 18.5. The molecule has 6 nitrogen and oxygen atoms in total. The molecule has 1 aliphatic heterocycles. The Labute approximate surface area is 157 Å². The topological polar surface area (TPSA) is 70.7 Å². The fraction of sp³-hybridized carbons (Fsp3) is 0.263. The number of benzene rings is 2. The quantitative estimate of drug-likeness (QED) is 0.858. The number of anilines is 2. The van der Waals surface area contributed by atoms with Crippen molar-refractivity contribution in [3.8, 4) is 0 Å². The van der Waals surface area contributed by atoms with Gasteiger partial charge in [-0.15, -0.1) is 0 Å². The van der Waals surface area contributed by atoms with Gasteiger partial charge in [-0.2, -0.15) is 0 Å². The molecular weight excluding hydrogens is 354 g/mol. The predicted octanol–water partition coefficient (Wildman–Crippen LogP) is 3.84. The van der Waals surface area contributed by atoms with Gasteiger partial charge in [0.2, 0.25) is 0 Å². The molecule has 0 saturated carbocycles. The average Bonchev–Trinajstić information content (AvgIpc) is 2.61. The van der Waals surface area contributed by atoms with Crippen molar-refractivity contribution in [1.82, 2.24) is 4.90 Å². The first-order valence-electron chi connectivity index (χ1n) is 8.36. The number of amides is 3. The highest BCUT2D eigenvalue weighted by Gasteiger charge is 2.22. The second-order valence-electron chi connectivity index (χ2n) is 6.10. The minimum absolute atomic E-state index is 0.0254. The summed E-state index contributed by atoms with van der Waals surface area (Å²) in [7, 11) is 0. The molecule has 26 heavy (non-hydrogen) atoms. The van der Waals surface area contributed by atoms with Gasteiger partial charge in [0.1, 0.15) is 0 Å². The van der Waals surface area contributed by atoms with Crippen molar-refractivity contribution in [1.29, 1.82) is 0 Å². The van der Waals surface area contributed by atoms with Crippen LogP contribution in [0.3, 0.4) is 0 Å².